The van der Waals surface area contributed by atoms with E-state index in [-0.39, 0.29) is 24.3 Å². The second-order valence-corrected chi connectivity index (χ2v) is 7.40. The summed E-state index contributed by atoms with van der Waals surface area (Å²) in [6, 6.07) is 14.8. The first kappa shape index (κ1) is 23.9. The molecule has 172 valence electrons. The summed E-state index contributed by atoms with van der Waals surface area (Å²) >= 11 is 0. The summed E-state index contributed by atoms with van der Waals surface area (Å²) in [5.41, 5.74) is 1.72. The molecule has 0 aliphatic carbocycles. The molecule has 0 bridgehead atoms. The van der Waals surface area contributed by atoms with Crippen molar-refractivity contribution in [2.45, 2.75) is 12.6 Å². The second-order valence-electron chi connectivity index (χ2n) is 7.40. The minimum atomic E-state index is -0.189. The summed E-state index contributed by atoms with van der Waals surface area (Å²) in [7, 11) is 3.31. The molecule has 2 aromatic carbocycles. The van der Waals surface area contributed by atoms with Crippen molar-refractivity contribution in [2.24, 2.45) is 0 Å². The lowest BCUT2D eigenvalue weighted by atomic mass is 10.0. The van der Waals surface area contributed by atoms with Crippen LogP contribution in [0.3, 0.4) is 0 Å². The van der Waals surface area contributed by atoms with Crippen LogP contribution in [0.15, 0.2) is 48.5 Å². The molecule has 1 aliphatic heterocycles. The van der Waals surface area contributed by atoms with Crippen LogP contribution < -0.4 is 22.0 Å². The Balaban J connectivity index is 0.00000289. The van der Waals surface area contributed by atoms with E-state index in [1.54, 1.807) is 25.0 Å². The van der Waals surface area contributed by atoms with Crippen molar-refractivity contribution in [2.75, 3.05) is 51.9 Å². The van der Waals surface area contributed by atoms with Crippen LogP contribution in [0.5, 0.6) is 5.75 Å². The molecule has 1 aliphatic rings. The molecule has 0 amide bonds. The number of rotatable bonds is 8. The van der Waals surface area contributed by atoms with Crippen molar-refractivity contribution in [3.05, 3.63) is 65.7 Å². The molecule has 2 heterocycles. The zero-order chi connectivity index (χ0) is 21.6. The average molecular weight is 462 g/mol. The van der Waals surface area contributed by atoms with E-state index in [2.05, 4.69) is 25.3 Å². The quantitative estimate of drug-likeness (QED) is 0.443. The van der Waals surface area contributed by atoms with E-state index in [0.717, 1.165) is 30.2 Å². The number of halogens is 2. The van der Waals surface area contributed by atoms with Gasteiger partial charge in [0, 0.05) is 33.3 Å². The maximum absolute atomic E-state index is 14.3. The number of hydrogen-bond acceptors (Lipinski definition) is 7. The van der Waals surface area contributed by atoms with Crippen LogP contribution in [0.4, 0.5) is 10.1 Å². The number of para-hydroxylation sites is 1. The molecule has 1 fully saturated rings. The van der Waals surface area contributed by atoms with Crippen molar-refractivity contribution in [1.82, 2.24) is 25.1 Å². The van der Waals surface area contributed by atoms with Crippen LogP contribution >= 0.6 is 0 Å². The van der Waals surface area contributed by atoms with Gasteiger partial charge >= 0.3 is 0 Å². The van der Waals surface area contributed by atoms with Gasteiger partial charge in [0.1, 0.15) is 11.6 Å². The Morgan fingerprint density at radius 1 is 1.00 bits per heavy atom. The van der Waals surface area contributed by atoms with Gasteiger partial charge in [-0.1, -0.05) is 24.3 Å². The van der Waals surface area contributed by atoms with Crippen molar-refractivity contribution >= 4 is 5.69 Å². The van der Waals surface area contributed by atoms with Gasteiger partial charge in [0.15, 0.2) is 5.82 Å². The predicted molar refractivity (Wildman–Crippen MR) is 115 cm³/mol. The van der Waals surface area contributed by atoms with Crippen LogP contribution in [-0.4, -0.2) is 72.1 Å². The van der Waals surface area contributed by atoms with Gasteiger partial charge in [-0.2, -0.15) is 0 Å². The third-order valence-corrected chi connectivity index (χ3v) is 5.62. The highest BCUT2D eigenvalue weighted by molar-refractivity contribution is 5.48. The topological polar surface area (TPSA) is 68.5 Å². The average Bonchev–Trinajstić information content (AvgIpc) is 3.27. The van der Waals surface area contributed by atoms with Crippen LogP contribution in [0.1, 0.15) is 17.4 Å². The summed E-state index contributed by atoms with van der Waals surface area (Å²) in [5.74, 6) is 1.37. The van der Waals surface area contributed by atoms with Crippen LogP contribution in [0, 0.1) is 5.82 Å². The normalized spacial score (nSPS) is 15.3. The molecule has 0 radical (unpaired) electrons. The van der Waals surface area contributed by atoms with Gasteiger partial charge in [-0.05, 0) is 40.3 Å². The lowest BCUT2D eigenvalue weighted by Crippen LogP contribution is -3.00. The SMILES string of the molecule is COCCn1nnnc1C(c1ccc(OC)cc1)N1CCN(c2ccccc2F)CC1.[Cl-]. The van der Waals surface area contributed by atoms with E-state index in [9.17, 15) is 4.39 Å². The molecule has 1 aromatic heterocycles. The van der Waals surface area contributed by atoms with Crippen molar-refractivity contribution < 1.29 is 26.3 Å². The minimum Gasteiger partial charge on any atom is -1.00 e. The molecule has 8 nitrogen and oxygen atoms in total. The number of aromatic nitrogens is 4. The van der Waals surface area contributed by atoms with E-state index >= 15 is 0 Å². The summed E-state index contributed by atoms with van der Waals surface area (Å²) < 4.78 is 26.6. The summed E-state index contributed by atoms with van der Waals surface area (Å²) in [5, 5.41) is 12.4. The molecule has 1 saturated heterocycles. The van der Waals surface area contributed by atoms with Crippen molar-refractivity contribution in [1.29, 1.82) is 0 Å². The molecular weight excluding hydrogens is 435 g/mol. The summed E-state index contributed by atoms with van der Waals surface area (Å²) in [4.78, 5) is 4.43. The van der Waals surface area contributed by atoms with Gasteiger partial charge < -0.3 is 26.8 Å². The van der Waals surface area contributed by atoms with E-state index in [1.165, 1.54) is 6.07 Å². The number of nitrogens with zero attached hydrogens (tertiary/aromatic N) is 6. The van der Waals surface area contributed by atoms with E-state index < -0.39 is 0 Å². The molecule has 4 rings (SSSR count). The number of anilines is 1. The Morgan fingerprint density at radius 3 is 2.38 bits per heavy atom. The molecular formula is C22H27ClFN6O2-. The number of piperazine rings is 1. The zero-order valence-corrected chi connectivity index (χ0v) is 19.0. The lowest BCUT2D eigenvalue weighted by Gasteiger charge is -2.40. The maximum atomic E-state index is 14.3. The Labute approximate surface area is 193 Å². The van der Waals surface area contributed by atoms with Crippen LogP contribution in [0.2, 0.25) is 0 Å². The van der Waals surface area contributed by atoms with E-state index in [1.807, 2.05) is 36.4 Å². The Morgan fingerprint density at radius 2 is 1.72 bits per heavy atom. The van der Waals surface area contributed by atoms with Crippen molar-refractivity contribution in [3.8, 4) is 5.75 Å². The fourth-order valence-corrected chi connectivity index (χ4v) is 3.98. The van der Waals surface area contributed by atoms with Gasteiger partial charge in [-0.25, -0.2) is 9.07 Å². The number of methoxy groups -OCH3 is 2. The number of tetrazole rings is 1. The minimum absolute atomic E-state index is 0. The standard InChI is InChI=1S/C22H27FN6O2.ClH/c1-30-16-15-29-22(24-25-26-29)21(17-7-9-18(31-2)10-8-17)28-13-11-27(12-14-28)20-6-4-3-5-19(20)23;/h3-10,21H,11-16H2,1-2H3;1H/p-1. The van der Waals surface area contributed by atoms with Gasteiger partial charge in [0.25, 0.3) is 0 Å². The molecule has 0 spiro atoms. The molecule has 0 saturated carbocycles. The third-order valence-electron chi connectivity index (χ3n) is 5.62. The highest BCUT2D eigenvalue weighted by Crippen LogP contribution is 2.30. The summed E-state index contributed by atoms with van der Waals surface area (Å²) in [6.45, 7) is 4.03. The van der Waals surface area contributed by atoms with Gasteiger partial charge in [-0.3, -0.25) is 4.90 Å². The first-order valence-corrected chi connectivity index (χ1v) is 10.3. The van der Waals surface area contributed by atoms with E-state index in [4.69, 9.17) is 9.47 Å². The highest BCUT2D eigenvalue weighted by Gasteiger charge is 2.31. The van der Waals surface area contributed by atoms with Crippen LogP contribution in [0.25, 0.3) is 0 Å². The Hall–Kier alpha value is -2.75. The van der Waals surface area contributed by atoms with E-state index in [0.29, 0.717) is 31.9 Å². The monoisotopic (exact) mass is 461 g/mol. The summed E-state index contributed by atoms with van der Waals surface area (Å²) in [6.07, 6.45) is 0. The molecule has 10 heteroatoms. The Bertz CT molecular complexity index is 979. The number of benzene rings is 2. The maximum Gasteiger partial charge on any atom is 0.173 e. The van der Waals surface area contributed by atoms with Crippen LogP contribution in [-0.2, 0) is 11.3 Å². The van der Waals surface area contributed by atoms with Gasteiger partial charge in [0.05, 0.1) is 32.0 Å². The fourth-order valence-electron chi connectivity index (χ4n) is 3.98. The highest BCUT2D eigenvalue weighted by atomic mass is 35.5. The second kappa shape index (κ2) is 11.2. The van der Waals surface area contributed by atoms with Gasteiger partial charge in [-0.15, -0.1) is 5.10 Å². The largest absolute Gasteiger partial charge is 1.00 e. The third kappa shape index (κ3) is 5.17. The van der Waals surface area contributed by atoms with Crippen molar-refractivity contribution in [3.63, 3.8) is 0 Å². The molecule has 3 aromatic rings. The Kier molecular flexibility index (Phi) is 8.38. The molecule has 32 heavy (non-hydrogen) atoms. The first-order chi connectivity index (χ1) is 15.2. The lowest BCUT2D eigenvalue weighted by molar-refractivity contribution is -0.00000771. The molecule has 1 unspecified atom stereocenters. The van der Waals surface area contributed by atoms with Gasteiger partial charge in [0.2, 0.25) is 0 Å². The number of ether oxygens (including phenoxy) is 2. The zero-order valence-electron chi connectivity index (χ0n) is 18.2. The molecule has 0 N–H and O–H groups in total. The smallest absolute Gasteiger partial charge is 0.173 e. The predicted octanol–water partition coefficient (Wildman–Crippen LogP) is -0.617. The molecule has 1 atom stereocenters. The fraction of sp³-hybridized carbons (Fsp3) is 0.409. The number of hydrogen-bond donors (Lipinski definition) is 0. The first-order valence-electron chi connectivity index (χ1n) is 10.3.